The van der Waals surface area contributed by atoms with Crippen LogP contribution in [0.3, 0.4) is 0 Å². The van der Waals surface area contributed by atoms with Crippen LogP contribution >= 0.6 is 0 Å². The third kappa shape index (κ3) is 2.02. The van der Waals surface area contributed by atoms with Gasteiger partial charge in [-0.05, 0) is 49.3 Å². The van der Waals surface area contributed by atoms with Gasteiger partial charge in [0.25, 0.3) is 0 Å². The molecule has 3 nitrogen and oxygen atoms in total. The van der Waals surface area contributed by atoms with E-state index in [9.17, 15) is 4.79 Å². The second-order valence-electron chi connectivity index (χ2n) is 5.37. The van der Waals surface area contributed by atoms with Gasteiger partial charge in [-0.25, -0.2) is 0 Å². The van der Waals surface area contributed by atoms with Gasteiger partial charge in [0.05, 0.1) is 0 Å². The largest absolute Gasteiger partial charge is 0.382 e. The highest BCUT2D eigenvalue weighted by molar-refractivity contribution is 5.93. The third-order valence-electron chi connectivity index (χ3n) is 4.24. The van der Waals surface area contributed by atoms with Gasteiger partial charge in [0.1, 0.15) is 0 Å². The van der Waals surface area contributed by atoms with Crippen LogP contribution in [0, 0.1) is 11.8 Å². The first-order valence-corrected chi connectivity index (χ1v) is 6.39. The summed E-state index contributed by atoms with van der Waals surface area (Å²) >= 11 is 0. The molecule has 0 spiro atoms. The number of amides is 1. The summed E-state index contributed by atoms with van der Waals surface area (Å²) in [6.45, 7) is 0. The molecule has 1 amide bonds. The number of hydrogen-bond donors (Lipinski definition) is 2. The van der Waals surface area contributed by atoms with Crippen molar-refractivity contribution >= 4 is 11.6 Å². The number of primary amides is 1. The summed E-state index contributed by atoms with van der Waals surface area (Å²) in [6.07, 6.45) is 5.43. The fraction of sp³-hybridized carbons (Fsp3) is 0.500. The van der Waals surface area contributed by atoms with Crippen LogP contribution in [0.25, 0.3) is 0 Å². The van der Waals surface area contributed by atoms with Gasteiger partial charge in [-0.15, -0.1) is 0 Å². The molecule has 2 saturated carbocycles. The number of anilines is 1. The van der Waals surface area contributed by atoms with Crippen LogP contribution < -0.4 is 11.1 Å². The minimum atomic E-state index is -0.360. The maximum absolute atomic E-state index is 11.1. The Bertz CT molecular complexity index is 444. The SMILES string of the molecule is NC(=O)c1cccc(NC2CC3CCC2C3)c1. The number of hydrogen-bond acceptors (Lipinski definition) is 2. The summed E-state index contributed by atoms with van der Waals surface area (Å²) in [5.41, 5.74) is 6.89. The molecule has 0 heterocycles. The molecule has 2 bridgehead atoms. The Morgan fingerprint density at radius 3 is 2.82 bits per heavy atom. The zero-order valence-electron chi connectivity index (χ0n) is 9.86. The molecule has 0 saturated heterocycles. The van der Waals surface area contributed by atoms with Crippen molar-refractivity contribution in [3.05, 3.63) is 29.8 Å². The Kier molecular flexibility index (Phi) is 2.54. The summed E-state index contributed by atoms with van der Waals surface area (Å²) in [4.78, 5) is 11.1. The van der Waals surface area contributed by atoms with Gasteiger partial charge in [-0.3, -0.25) is 4.79 Å². The number of fused-ring (bicyclic) bond motifs is 2. The first-order valence-electron chi connectivity index (χ1n) is 6.39. The number of nitrogens with one attached hydrogen (secondary N) is 1. The van der Waals surface area contributed by atoms with Crippen LogP contribution in [-0.4, -0.2) is 11.9 Å². The molecule has 2 fully saturated rings. The van der Waals surface area contributed by atoms with Crippen molar-refractivity contribution in [2.75, 3.05) is 5.32 Å². The van der Waals surface area contributed by atoms with E-state index < -0.39 is 0 Å². The lowest BCUT2D eigenvalue weighted by Gasteiger charge is -2.24. The van der Waals surface area contributed by atoms with E-state index in [0.717, 1.165) is 17.5 Å². The zero-order chi connectivity index (χ0) is 11.8. The molecule has 3 unspecified atom stereocenters. The molecular formula is C14H18N2O. The molecule has 2 aliphatic rings. The van der Waals surface area contributed by atoms with Crippen LogP contribution in [-0.2, 0) is 0 Å². The third-order valence-corrected chi connectivity index (χ3v) is 4.24. The standard InChI is InChI=1S/C14H18N2O/c15-14(17)11-2-1-3-12(8-11)16-13-7-9-4-5-10(13)6-9/h1-3,8-10,13,16H,4-7H2,(H2,15,17). The fourth-order valence-corrected chi connectivity index (χ4v) is 3.40. The monoisotopic (exact) mass is 230 g/mol. The van der Waals surface area contributed by atoms with E-state index in [2.05, 4.69) is 5.32 Å². The highest BCUT2D eigenvalue weighted by Crippen LogP contribution is 2.45. The van der Waals surface area contributed by atoms with Gasteiger partial charge < -0.3 is 11.1 Å². The van der Waals surface area contributed by atoms with Crippen LogP contribution in [0.1, 0.15) is 36.0 Å². The number of benzene rings is 1. The van der Waals surface area contributed by atoms with E-state index in [1.54, 1.807) is 6.07 Å². The van der Waals surface area contributed by atoms with Crippen molar-refractivity contribution in [2.24, 2.45) is 17.6 Å². The summed E-state index contributed by atoms with van der Waals surface area (Å²) in [5.74, 6) is 1.40. The van der Waals surface area contributed by atoms with Crippen LogP contribution in [0.5, 0.6) is 0 Å². The maximum atomic E-state index is 11.1. The van der Waals surface area contributed by atoms with Gasteiger partial charge in [-0.2, -0.15) is 0 Å². The van der Waals surface area contributed by atoms with Crippen LogP contribution in [0.15, 0.2) is 24.3 Å². The second-order valence-corrected chi connectivity index (χ2v) is 5.37. The summed E-state index contributed by atoms with van der Waals surface area (Å²) in [5, 5.41) is 3.56. The van der Waals surface area contributed by atoms with Crippen molar-refractivity contribution < 1.29 is 4.79 Å². The molecule has 3 heteroatoms. The Morgan fingerprint density at radius 2 is 2.18 bits per heavy atom. The molecule has 0 aromatic heterocycles. The van der Waals surface area contributed by atoms with Crippen LogP contribution in [0.4, 0.5) is 5.69 Å². The Morgan fingerprint density at radius 1 is 1.29 bits per heavy atom. The Hall–Kier alpha value is -1.51. The average molecular weight is 230 g/mol. The van der Waals surface area contributed by atoms with Crippen molar-refractivity contribution in [1.82, 2.24) is 0 Å². The van der Waals surface area contributed by atoms with E-state index >= 15 is 0 Å². The van der Waals surface area contributed by atoms with Crippen molar-refractivity contribution in [3.8, 4) is 0 Å². The highest BCUT2D eigenvalue weighted by atomic mass is 16.1. The molecule has 1 aromatic rings. The smallest absolute Gasteiger partial charge is 0.248 e. The lowest BCUT2D eigenvalue weighted by atomic mass is 9.95. The number of carbonyl (C=O) groups is 1. The second kappa shape index (κ2) is 4.06. The molecule has 3 rings (SSSR count). The van der Waals surface area contributed by atoms with E-state index in [0.29, 0.717) is 11.6 Å². The molecule has 17 heavy (non-hydrogen) atoms. The highest BCUT2D eigenvalue weighted by Gasteiger charge is 2.39. The fourth-order valence-electron chi connectivity index (χ4n) is 3.40. The average Bonchev–Trinajstić information content (AvgIpc) is 2.91. The lowest BCUT2D eigenvalue weighted by Crippen LogP contribution is -2.26. The minimum Gasteiger partial charge on any atom is -0.382 e. The molecule has 1 aromatic carbocycles. The van der Waals surface area contributed by atoms with Gasteiger partial charge in [0.2, 0.25) is 5.91 Å². The van der Waals surface area contributed by atoms with E-state index in [1.807, 2.05) is 18.2 Å². The minimum absolute atomic E-state index is 0.360. The first-order chi connectivity index (χ1) is 8.22. The Balaban J connectivity index is 1.73. The van der Waals surface area contributed by atoms with E-state index in [1.165, 1.54) is 25.7 Å². The first kappa shape index (κ1) is 10.6. The molecule has 90 valence electrons. The van der Waals surface area contributed by atoms with Gasteiger partial charge in [-0.1, -0.05) is 12.5 Å². The number of nitrogens with two attached hydrogens (primary N) is 1. The van der Waals surface area contributed by atoms with Crippen molar-refractivity contribution in [1.29, 1.82) is 0 Å². The number of rotatable bonds is 3. The van der Waals surface area contributed by atoms with E-state index in [4.69, 9.17) is 5.73 Å². The predicted molar refractivity (Wildman–Crippen MR) is 67.8 cm³/mol. The van der Waals surface area contributed by atoms with Crippen LogP contribution in [0.2, 0.25) is 0 Å². The zero-order valence-corrected chi connectivity index (χ0v) is 9.86. The van der Waals surface area contributed by atoms with Crippen molar-refractivity contribution in [2.45, 2.75) is 31.7 Å². The number of carbonyl (C=O) groups excluding carboxylic acids is 1. The topological polar surface area (TPSA) is 55.1 Å². The molecule has 2 aliphatic carbocycles. The lowest BCUT2D eigenvalue weighted by molar-refractivity contribution is 0.100. The summed E-state index contributed by atoms with van der Waals surface area (Å²) in [7, 11) is 0. The van der Waals surface area contributed by atoms with Crippen molar-refractivity contribution in [3.63, 3.8) is 0 Å². The van der Waals surface area contributed by atoms with E-state index in [-0.39, 0.29) is 5.91 Å². The molecule has 3 N–H and O–H groups in total. The quantitative estimate of drug-likeness (QED) is 0.837. The summed E-state index contributed by atoms with van der Waals surface area (Å²) < 4.78 is 0. The summed E-state index contributed by atoms with van der Waals surface area (Å²) in [6, 6.07) is 8.10. The van der Waals surface area contributed by atoms with Gasteiger partial charge in [0.15, 0.2) is 0 Å². The molecule has 0 aliphatic heterocycles. The normalized spacial score (nSPS) is 30.5. The maximum Gasteiger partial charge on any atom is 0.248 e. The predicted octanol–water partition coefficient (Wildman–Crippen LogP) is 2.39. The Labute approximate surface area is 101 Å². The molecule has 3 atom stereocenters. The molecule has 0 radical (unpaired) electrons. The molecular weight excluding hydrogens is 212 g/mol. The van der Waals surface area contributed by atoms with Gasteiger partial charge in [0, 0.05) is 17.3 Å². The van der Waals surface area contributed by atoms with Gasteiger partial charge >= 0.3 is 0 Å².